The van der Waals surface area contributed by atoms with Crippen LogP contribution in [-0.2, 0) is 22.0 Å². The SMILES string of the molecule is CC(C)OC(=O)N1CCC(Oc2ncnc3c2CCN3c2cc(F)c([S@@](C)=O)cc2F)CC1. The lowest BCUT2D eigenvalue weighted by Gasteiger charge is -2.32. The number of nitrogens with zero attached hydrogens (tertiary/aromatic N) is 4. The summed E-state index contributed by atoms with van der Waals surface area (Å²) in [5.41, 5.74) is 0.754. The number of anilines is 2. The fourth-order valence-corrected chi connectivity index (χ4v) is 4.64. The zero-order valence-electron chi connectivity index (χ0n) is 18.7. The Hall–Kier alpha value is -2.82. The molecule has 4 rings (SSSR count). The molecule has 0 radical (unpaired) electrons. The lowest BCUT2D eigenvalue weighted by molar-refractivity contribution is 0.0505. The first-order chi connectivity index (χ1) is 15.7. The van der Waals surface area contributed by atoms with Gasteiger partial charge in [0.05, 0.1) is 33.0 Å². The van der Waals surface area contributed by atoms with Gasteiger partial charge in [0.2, 0.25) is 5.88 Å². The van der Waals surface area contributed by atoms with Gasteiger partial charge in [0.1, 0.15) is 29.9 Å². The van der Waals surface area contributed by atoms with Crippen molar-refractivity contribution in [3.05, 3.63) is 35.7 Å². The molecule has 178 valence electrons. The van der Waals surface area contributed by atoms with E-state index in [4.69, 9.17) is 9.47 Å². The molecular formula is C22H26F2N4O4S. The Kier molecular flexibility index (Phi) is 6.78. The van der Waals surface area contributed by atoms with Crippen LogP contribution >= 0.6 is 0 Å². The van der Waals surface area contributed by atoms with Crippen LogP contribution in [0.5, 0.6) is 5.88 Å². The monoisotopic (exact) mass is 480 g/mol. The predicted octanol–water partition coefficient (Wildman–Crippen LogP) is 3.57. The highest BCUT2D eigenvalue weighted by molar-refractivity contribution is 7.84. The molecule has 0 saturated carbocycles. The molecule has 33 heavy (non-hydrogen) atoms. The van der Waals surface area contributed by atoms with E-state index >= 15 is 0 Å². The maximum Gasteiger partial charge on any atom is 0.410 e. The first kappa shape index (κ1) is 23.3. The Balaban J connectivity index is 1.48. The number of ether oxygens (including phenoxy) is 2. The zero-order valence-corrected chi connectivity index (χ0v) is 19.5. The quantitative estimate of drug-likeness (QED) is 0.647. The maximum atomic E-state index is 14.7. The number of carbonyl (C=O) groups excluding carboxylic acids is 1. The van der Waals surface area contributed by atoms with Crippen LogP contribution in [0.2, 0.25) is 0 Å². The van der Waals surface area contributed by atoms with Crippen molar-refractivity contribution in [3.8, 4) is 5.88 Å². The first-order valence-corrected chi connectivity index (χ1v) is 12.4. The van der Waals surface area contributed by atoms with Crippen molar-refractivity contribution < 1.29 is 27.3 Å². The minimum atomic E-state index is -1.63. The Labute approximate surface area is 193 Å². The van der Waals surface area contributed by atoms with Gasteiger partial charge in [-0.05, 0) is 26.3 Å². The molecule has 0 bridgehead atoms. The van der Waals surface area contributed by atoms with Gasteiger partial charge in [-0.25, -0.2) is 23.5 Å². The summed E-state index contributed by atoms with van der Waals surface area (Å²) in [6.07, 6.45) is 3.78. The fraction of sp³-hybridized carbons (Fsp3) is 0.500. The molecule has 0 aliphatic carbocycles. The highest BCUT2D eigenvalue weighted by Crippen LogP contribution is 2.39. The van der Waals surface area contributed by atoms with Crippen LogP contribution in [0.1, 0.15) is 32.3 Å². The average Bonchev–Trinajstić information content (AvgIpc) is 3.20. The summed E-state index contributed by atoms with van der Waals surface area (Å²) in [6.45, 7) is 5.05. The molecule has 8 nitrogen and oxygen atoms in total. The van der Waals surface area contributed by atoms with Gasteiger partial charge in [-0.3, -0.25) is 4.21 Å². The molecule has 1 aromatic carbocycles. The minimum absolute atomic E-state index is 0.0297. The van der Waals surface area contributed by atoms with E-state index in [1.165, 1.54) is 12.6 Å². The second-order valence-corrected chi connectivity index (χ2v) is 9.66. The third-order valence-electron chi connectivity index (χ3n) is 5.64. The molecule has 0 N–H and O–H groups in total. The largest absolute Gasteiger partial charge is 0.474 e. The van der Waals surface area contributed by atoms with Gasteiger partial charge in [-0.15, -0.1) is 0 Å². The smallest absolute Gasteiger partial charge is 0.410 e. The summed E-state index contributed by atoms with van der Waals surface area (Å²) in [4.78, 5) is 23.7. The number of halogens is 2. The summed E-state index contributed by atoms with van der Waals surface area (Å²) < 4.78 is 52.1. The second kappa shape index (κ2) is 9.58. The summed E-state index contributed by atoms with van der Waals surface area (Å²) in [6, 6.07) is 2.02. The van der Waals surface area contributed by atoms with Crippen molar-refractivity contribution in [2.45, 2.75) is 50.2 Å². The van der Waals surface area contributed by atoms with Crippen molar-refractivity contribution in [2.24, 2.45) is 0 Å². The highest BCUT2D eigenvalue weighted by atomic mass is 32.2. The zero-order chi connectivity index (χ0) is 23.7. The standard InChI is InChI=1S/C22H26F2N4O4S/c1-13(2)31-22(29)27-7-4-14(5-8-27)32-21-15-6-9-28(20(15)25-12-26-21)18-10-17(24)19(33(3)30)11-16(18)23/h10-14H,4-9H2,1-3H3/t33-/m1/s1. The van der Waals surface area contributed by atoms with Gasteiger partial charge in [0.15, 0.2) is 0 Å². The van der Waals surface area contributed by atoms with E-state index in [0.717, 1.165) is 17.7 Å². The van der Waals surface area contributed by atoms with Crippen LogP contribution in [0, 0.1) is 11.6 Å². The Morgan fingerprint density at radius 3 is 2.55 bits per heavy atom. The van der Waals surface area contributed by atoms with E-state index in [-0.39, 0.29) is 28.9 Å². The molecule has 2 aliphatic heterocycles. The van der Waals surface area contributed by atoms with Gasteiger partial charge in [0.25, 0.3) is 0 Å². The molecular weight excluding hydrogens is 454 g/mol. The van der Waals surface area contributed by atoms with E-state index in [0.29, 0.717) is 50.6 Å². The minimum Gasteiger partial charge on any atom is -0.474 e. The molecule has 2 aliphatic rings. The number of benzene rings is 1. The first-order valence-electron chi connectivity index (χ1n) is 10.8. The molecule has 1 amide bonds. The summed E-state index contributed by atoms with van der Waals surface area (Å²) in [5, 5.41) is 0. The molecule has 1 aromatic heterocycles. The van der Waals surface area contributed by atoms with Crippen LogP contribution in [0.15, 0.2) is 23.4 Å². The summed E-state index contributed by atoms with van der Waals surface area (Å²) >= 11 is 0. The molecule has 1 atom stereocenters. The Bertz CT molecular complexity index is 1080. The lowest BCUT2D eigenvalue weighted by Crippen LogP contribution is -2.42. The number of rotatable bonds is 5. The van der Waals surface area contributed by atoms with Gasteiger partial charge in [-0.2, -0.15) is 0 Å². The van der Waals surface area contributed by atoms with E-state index in [2.05, 4.69) is 9.97 Å². The number of piperidine rings is 1. The third-order valence-corrected chi connectivity index (χ3v) is 6.57. The number of amides is 1. The van der Waals surface area contributed by atoms with E-state index in [1.54, 1.807) is 9.80 Å². The van der Waals surface area contributed by atoms with Crippen molar-refractivity contribution >= 4 is 28.4 Å². The number of aromatic nitrogens is 2. The van der Waals surface area contributed by atoms with Crippen molar-refractivity contribution in [1.29, 1.82) is 0 Å². The van der Waals surface area contributed by atoms with Crippen LogP contribution in [0.3, 0.4) is 0 Å². The van der Waals surface area contributed by atoms with E-state index in [9.17, 15) is 17.8 Å². The molecule has 11 heteroatoms. The van der Waals surface area contributed by atoms with Crippen LogP contribution in [0.25, 0.3) is 0 Å². The number of carbonyl (C=O) groups is 1. The second-order valence-electron chi connectivity index (χ2n) is 8.31. The Morgan fingerprint density at radius 2 is 1.88 bits per heavy atom. The topological polar surface area (TPSA) is 84.9 Å². The average molecular weight is 481 g/mol. The molecule has 1 fully saturated rings. The van der Waals surface area contributed by atoms with E-state index in [1.807, 2.05) is 13.8 Å². The van der Waals surface area contributed by atoms with Crippen molar-refractivity contribution in [3.63, 3.8) is 0 Å². The van der Waals surface area contributed by atoms with Crippen molar-refractivity contribution in [1.82, 2.24) is 14.9 Å². The number of hydrogen-bond donors (Lipinski definition) is 0. The van der Waals surface area contributed by atoms with Gasteiger partial charge >= 0.3 is 6.09 Å². The fourth-order valence-electron chi connectivity index (χ4n) is 4.04. The number of fused-ring (bicyclic) bond motifs is 1. The molecule has 3 heterocycles. The normalized spacial score (nSPS) is 17.3. The van der Waals surface area contributed by atoms with Crippen molar-refractivity contribution in [2.75, 3.05) is 30.8 Å². The van der Waals surface area contributed by atoms with Gasteiger partial charge < -0.3 is 19.3 Å². The van der Waals surface area contributed by atoms with E-state index < -0.39 is 22.4 Å². The number of likely N-dealkylation sites (tertiary alicyclic amines) is 1. The lowest BCUT2D eigenvalue weighted by atomic mass is 10.1. The predicted molar refractivity (Wildman–Crippen MR) is 118 cm³/mol. The van der Waals surface area contributed by atoms with Crippen LogP contribution in [-0.4, -0.2) is 63.3 Å². The third kappa shape index (κ3) is 4.92. The maximum absolute atomic E-state index is 14.7. The van der Waals surface area contributed by atoms with Crippen LogP contribution in [0.4, 0.5) is 25.1 Å². The van der Waals surface area contributed by atoms with Gasteiger partial charge in [-0.1, -0.05) is 0 Å². The molecule has 0 spiro atoms. The number of hydrogen-bond acceptors (Lipinski definition) is 7. The summed E-state index contributed by atoms with van der Waals surface area (Å²) in [5.74, 6) is -0.523. The molecule has 2 aromatic rings. The van der Waals surface area contributed by atoms with Gasteiger partial charge in [0, 0.05) is 44.8 Å². The molecule has 1 saturated heterocycles. The highest BCUT2D eigenvalue weighted by Gasteiger charge is 2.31. The Morgan fingerprint density at radius 1 is 1.15 bits per heavy atom. The van der Waals surface area contributed by atoms with Crippen LogP contribution < -0.4 is 9.64 Å². The summed E-state index contributed by atoms with van der Waals surface area (Å²) in [7, 11) is -1.63. The molecule has 0 unspecified atom stereocenters.